The van der Waals surface area contributed by atoms with Gasteiger partial charge in [-0.25, -0.2) is 9.59 Å². The lowest BCUT2D eigenvalue weighted by Gasteiger charge is -2.09. The largest absolute Gasteiger partial charge is 0.423 e. The molecule has 31 heavy (non-hydrogen) atoms. The summed E-state index contributed by atoms with van der Waals surface area (Å²) in [6, 6.07) is 21.8. The Morgan fingerprint density at radius 3 is 1.71 bits per heavy atom. The first-order valence-electron chi connectivity index (χ1n) is 10.1. The summed E-state index contributed by atoms with van der Waals surface area (Å²) in [5, 5.41) is 8.81. The van der Waals surface area contributed by atoms with Crippen LogP contribution in [0.1, 0.15) is 52.1 Å². The summed E-state index contributed by atoms with van der Waals surface area (Å²) in [6.45, 7) is 4.36. The molecule has 0 fully saturated rings. The molecule has 3 aromatic carbocycles. The third-order valence-corrected chi connectivity index (χ3v) is 4.97. The van der Waals surface area contributed by atoms with Crippen LogP contribution in [0.3, 0.4) is 0 Å². The third kappa shape index (κ3) is 6.03. The Morgan fingerprint density at radius 2 is 1.26 bits per heavy atom. The summed E-state index contributed by atoms with van der Waals surface area (Å²) in [5.74, 6) is 0.280. The normalized spacial score (nSPS) is 11.3. The minimum absolute atomic E-state index is 0.318. The fourth-order valence-corrected chi connectivity index (χ4v) is 2.91. The van der Waals surface area contributed by atoms with Crippen LogP contribution in [0.15, 0.2) is 72.8 Å². The molecule has 156 valence electrons. The van der Waals surface area contributed by atoms with Crippen molar-refractivity contribution in [1.29, 1.82) is 5.26 Å². The molecule has 5 nitrogen and oxygen atoms in total. The van der Waals surface area contributed by atoms with Crippen LogP contribution in [0.2, 0.25) is 0 Å². The van der Waals surface area contributed by atoms with Gasteiger partial charge in [-0.1, -0.05) is 32.4 Å². The van der Waals surface area contributed by atoms with Gasteiger partial charge in [-0.05, 0) is 78.6 Å². The maximum Gasteiger partial charge on any atom is 0.343 e. The van der Waals surface area contributed by atoms with Gasteiger partial charge in [0.2, 0.25) is 0 Å². The van der Waals surface area contributed by atoms with E-state index in [-0.39, 0.29) is 0 Å². The molecule has 0 aliphatic heterocycles. The predicted molar refractivity (Wildman–Crippen MR) is 117 cm³/mol. The number of benzene rings is 3. The molecule has 0 radical (unpaired) electrons. The Labute approximate surface area is 181 Å². The Hall–Kier alpha value is -3.91. The van der Waals surface area contributed by atoms with E-state index in [9.17, 15) is 9.59 Å². The van der Waals surface area contributed by atoms with Crippen LogP contribution in [0.25, 0.3) is 0 Å². The number of hydrogen-bond donors (Lipinski definition) is 0. The molecule has 0 saturated heterocycles. The molecule has 0 aromatic heterocycles. The lowest BCUT2D eigenvalue weighted by Crippen LogP contribution is -2.10. The van der Waals surface area contributed by atoms with Crippen molar-refractivity contribution in [2.45, 2.75) is 26.7 Å². The van der Waals surface area contributed by atoms with Crippen molar-refractivity contribution in [2.75, 3.05) is 0 Å². The van der Waals surface area contributed by atoms with Gasteiger partial charge in [0, 0.05) is 0 Å². The molecule has 0 N–H and O–H groups in total. The minimum Gasteiger partial charge on any atom is -0.423 e. The van der Waals surface area contributed by atoms with E-state index in [1.54, 1.807) is 48.5 Å². The molecule has 0 aliphatic rings. The standard InChI is InChI=1S/C26H23NO4/c1-3-18(2)16-19-4-8-21(9-5-19)25(28)31-24-14-10-22(11-15-24)26(29)30-23-12-6-20(17-27)7-13-23/h4-15,18H,3,16H2,1-2H3. The highest BCUT2D eigenvalue weighted by Gasteiger charge is 2.12. The minimum atomic E-state index is -0.542. The summed E-state index contributed by atoms with van der Waals surface area (Å²) in [4.78, 5) is 24.6. The molecule has 1 unspecified atom stereocenters. The zero-order valence-electron chi connectivity index (χ0n) is 17.5. The van der Waals surface area contributed by atoms with Crippen molar-refractivity contribution in [3.05, 3.63) is 95.1 Å². The summed E-state index contributed by atoms with van der Waals surface area (Å²) >= 11 is 0. The molecule has 0 aliphatic carbocycles. The van der Waals surface area contributed by atoms with Crippen LogP contribution in [-0.4, -0.2) is 11.9 Å². The van der Waals surface area contributed by atoms with Gasteiger partial charge in [-0.3, -0.25) is 0 Å². The maximum atomic E-state index is 12.4. The molecule has 0 amide bonds. The highest BCUT2D eigenvalue weighted by Crippen LogP contribution is 2.18. The molecular formula is C26H23NO4. The van der Waals surface area contributed by atoms with Crippen LogP contribution >= 0.6 is 0 Å². The number of nitrogens with zero attached hydrogens (tertiary/aromatic N) is 1. The summed E-state index contributed by atoms with van der Waals surface area (Å²) in [5.41, 5.74) is 2.46. The first-order valence-corrected chi connectivity index (χ1v) is 10.1. The van der Waals surface area contributed by atoms with Gasteiger partial charge in [-0.2, -0.15) is 5.26 Å². The van der Waals surface area contributed by atoms with E-state index >= 15 is 0 Å². The van der Waals surface area contributed by atoms with Crippen LogP contribution in [0, 0.1) is 17.2 Å². The van der Waals surface area contributed by atoms with Crippen molar-refractivity contribution in [2.24, 2.45) is 5.92 Å². The molecule has 0 spiro atoms. The van der Waals surface area contributed by atoms with E-state index in [1.165, 1.54) is 17.7 Å². The van der Waals surface area contributed by atoms with Crippen molar-refractivity contribution < 1.29 is 19.1 Å². The van der Waals surface area contributed by atoms with Crippen molar-refractivity contribution in [1.82, 2.24) is 0 Å². The molecule has 3 rings (SSSR count). The van der Waals surface area contributed by atoms with E-state index in [4.69, 9.17) is 14.7 Å². The number of carbonyl (C=O) groups excluding carboxylic acids is 2. The van der Waals surface area contributed by atoms with E-state index in [0.29, 0.717) is 34.1 Å². The average Bonchev–Trinajstić information content (AvgIpc) is 2.80. The highest BCUT2D eigenvalue weighted by molar-refractivity contribution is 5.92. The average molecular weight is 413 g/mol. The predicted octanol–water partition coefficient (Wildman–Crippen LogP) is 5.59. The van der Waals surface area contributed by atoms with Gasteiger partial charge in [0.1, 0.15) is 11.5 Å². The van der Waals surface area contributed by atoms with Crippen LogP contribution in [-0.2, 0) is 6.42 Å². The number of carbonyl (C=O) groups is 2. The number of hydrogen-bond acceptors (Lipinski definition) is 5. The first-order chi connectivity index (χ1) is 15.0. The van der Waals surface area contributed by atoms with Gasteiger partial charge >= 0.3 is 11.9 Å². The Bertz CT molecular complexity index is 1080. The molecule has 3 aromatic rings. The topological polar surface area (TPSA) is 76.4 Å². The lowest BCUT2D eigenvalue weighted by atomic mass is 9.98. The highest BCUT2D eigenvalue weighted by atomic mass is 16.5. The van der Waals surface area contributed by atoms with Crippen LogP contribution in [0.4, 0.5) is 0 Å². The Morgan fingerprint density at radius 1 is 0.806 bits per heavy atom. The maximum absolute atomic E-state index is 12.4. The zero-order valence-corrected chi connectivity index (χ0v) is 17.5. The smallest absolute Gasteiger partial charge is 0.343 e. The summed E-state index contributed by atoms with van der Waals surface area (Å²) in [6.07, 6.45) is 2.09. The SMILES string of the molecule is CCC(C)Cc1ccc(C(=O)Oc2ccc(C(=O)Oc3ccc(C#N)cc3)cc2)cc1. The summed E-state index contributed by atoms with van der Waals surface area (Å²) in [7, 11) is 0. The number of nitriles is 1. The zero-order chi connectivity index (χ0) is 22.2. The first kappa shape index (κ1) is 21.8. The second kappa shape index (κ2) is 10.2. The Kier molecular flexibility index (Phi) is 7.18. The number of rotatable bonds is 7. The summed E-state index contributed by atoms with van der Waals surface area (Å²) < 4.78 is 10.7. The second-order valence-electron chi connectivity index (χ2n) is 7.35. The van der Waals surface area contributed by atoms with Crippen molar-refractivity contribution in [3.8, 4) is 17.6 Å². The molecule has 0 heterocycles. The molecule has 1 atom stereocenters. The monoisotopic (exact) mass is 413 g/mol. The molecule has 0 bridgehead atoms. The van der Waals surface area contributed by atoms with E-state index < -0.39 is 11.9 Å². The van der Waals surface area contributed by atoms with Gasteiger partial charge < -0.3 is 9.47 Å². The van der Waals surface area contributed by atoms with Crippen molar-refractivity contribution >= 4 is 11.9 Å². The number of esters is 2. The van der Waals surface area contributed by atoms with Gasteiger partial charge in [0.05, 0.1) is 22.8 Å². The fraction of sp³-hybridized carbons (Fsp3) is 0.192. The van der Waals surface area contributed by atoms with Gasteiger partial charge in [0.25, 0.3) is 0 Å². The Balaban J connectivity index is 1.58. The number of ether oxygens (including phenoxy) is 2. The molecule has 0 saturated carbocycles. The van der Waals surface area contributed by atoms with E-state index in [2.05, 4.69) is 13.8 Å². The van der Waals surface area contributed by atoms with Gasteiger partial charge in [0.15, 0.2) is 0 Å². The molecular weight excluding hydrogens is 390 g/mol. The fourth-order valence-electron chi connectivity index (χ4n) is 2.91. The third-order valence-electron chi connectivity index (χ3n) is 4.97. The van der Waals surface area contributed by atoms with Crippen LogP contribution < -0.4 is 9.47 Å². The van der Waals surface area contributed by atoms with Gasteiger partial charge in [-0.15, -0.1) is 0 Å². The van der Waals surface area contributed by atoms with Crippen LogP contribution in [0.5, 0.6) is 11.5 Å². The molecule has 5 heteroatoms. The quantitative estimate of drug-likeness (QED) is 0.373. The second-order valence-corrected chi connectivity index (χ2v) is 7.35. The van der Waals surface area contributed by atoms with Crippen molar-refractivity contribution in [3.63, 3.8) is 0 Å². The lowest BCUT2D eigenvalue weighted by molar-refractivity contribution is 0.0730. The van der Waals surface area contributed by atoms with E-state index in [0.717, 1.165) is 12.8 Å². The van der Waals surface area contributed by atoms with E-state index in [1.807, 2.05) is 18.2 Å².